The average molecular weight is 294 g/mol. The van der Waals surface area contributed by atoms with Gasteiger partial charge in [0.2, 0.25) is 5.75 Å². The fourth-order valence-corrected chi connectivity index (χ4v) is 2.20. The molecule has 0 fully saturated rings. The third-order valence-corrected chi connectivity index (χ3v) is 3.18. The Balaban J connectivity index is 1.92. The van der Waals surface area contributed by atoms with Crippen LogP contribution in [0.15, 0.2) is 48.9 Å². The topological polar surface area (TPSA) is 93.5 Å². The molecule has 22 heavy (non-hydrogen) atoms. The summed E-state index contributed by atoms with van der Waals surface area (Å²) in [5.41, 5.74) is 1.92. The monoisotopic (exact) mass is 294 g/mol. The van der Waals surface area contributed by atoms with Crippen LogP contribution in [0.25, 0.3) is 5.52 Å². The van der Waals surface area contributed by atoms with Crippen molar-refractivity contribution < 1.29 is 9.66 Å². The Kier molecular flexibility index (Phi) is 3.42. The number of rotatable bonds is 4. The van der Waals surface area contributed by atoms with E-state index >= 15 is 0 Å². The fourth-order valence-electron chi connectivity index (χ4n) is 2.20. The summed E-state index contributed by atoms with van der Waals surface area (Å²) in [6, 6.07) is 10.7. The Morgan fingerprint density at radius 2 is 2.23 bits per heavy atom. The quantitative estimate of drug-likeness (QED) is 0.544. The summed E-state index contributed by atoms with van der Waals surface area (Å²) >= 11 is 0. The van der Waals surface area contributed by atoms with Crippen molar-refractivity contribution >= 4 is 11.3 Å². The van der Waals surface area contributed by atoms with Gasteiger partial charge in [0.1, 0.15) is 18.9 Å². The Hall–Kier alpha value is -3.40. The van der Waals surface area contributed by atoms with Gasteiger partial charge in [-0.15, -0.1) is 0 Å². The van der Waals surface area contributed by atoms with Crippen LogP contribution in [-0.4, -0.2) is 14.3 Å². The van der Waals surface area contributed by atoms with E-state index in [9.17, 15) is 15.4 Å². The minimum atomic E-state index is -0.600. The van der Waals surface area contributed by atoms with E-state index in [0.29, 0.717) is 11.1 Å². The third kappa shape index (κ3) is 2.33. The molecule has 0 spiro atoms. The van der Waals surface area contributed by atoms with E-state index in [0.717, 1.165) is 5.52 Å². The van der Waals surface area contributed by atoms with E-state index in [2.05, 4.69) is 11.1 Å². The molecule has 0 unspecified atom stereocenters. The molecule has 3 aromatic heterocycles. The van der Waals surface area contributed by atoms with Gasteiger partial charge in [0.25, 0.3) is 0 Å². The maximum Gasteiger partial charge on any atom is 0.406 e. The molecule has 0 atom stereocenters. The van der Waals surface area contributed by atoms with E-state index in [4.69, 9.17) is 4.74 Å². The molecule has 0 saturated heterocycles. The van der Waals surface area contributed by atoms with E-state index in [-0.39, 0.29) is 18.2 Å². The van der Waals surface area contributed by atoms with E-state index < -0.39 is 4.92 Å². The second kappa shape index (κ2) is 5.54. The predicted molar refractivity (Wildman–Crippen MR) is 77.3 cm³/mol. The molecule has 3 rings (SSSR count). The molecule has 0 saturated carbocycles. The Labute approximate surface area is 125 Å². The zero-order valence-electron chi connectivity index (χ0n) is 11.3. The number of fused-ring (bicyclic) bond motifs is 1. The smallest absolute Gasteiger partial charge is 0.406 e. The Morgan fingerprint density at radius 3 is 3.00 bits per heavy atom. The highest BCUT2D eigenvalue weighted by Crippen LogP contribution is 2.25. The number of pyridine rings is 2. The van der Waals surface area contributed by atoms with Crippen molar-refractivity contribution in [3.8, 4) is 11.8 Å². The van der Waals surface area contributed by atoms with E-state index in [1.807, 2.05) is 28.8 Å². The number of hydrogen-bond acceptors (Lipinski definition) is 5. The van der Waals surface area contributed by atoms with Gasteiger partial charge < -0.3 is 19.3 Å². The molecule has 108 valence electrons. The maximum atomic E-state index is 10.9. The largest absolute Gasteiger partial charge is 0.481 e. The van der Waals surface area contributed by atoms with Gasteiger partial charge >= 0.3 is 5.82 Å². The standard InChI is InChI=1S/C15H10N4O3/c16-8-12-11(9-18-7-2-1-4-13(12)18)10-22-14-5-3-6-17-15(14)19(20)21/h1-7,9H,10H2. The molecule has 0 amide bonds. The lowest BCUT2D eigenvalue weighted by Gasteiger charge is -2.04. The summed E-state index contributed by atoms with van der Waals surface area (Å²) in [7, 11) is 0. The van der Waals surface area contributed by atoms with Crippen LogP contribution in [0.4, 0.5) is 5.82 Å². The van der Waals surface area contributed by atoms with Gasteiger partial charge in [0.15, 0.2) is 0 Å². The molecule has 0 aliphatic rings. The highest BCUT2D eigenvalue weighted by Gasteiger charge is 2.17. The number of ether oxygens (including phenoxy) is 1. The van der Waals surface area contributed by atoms with E-state index in [1.165, 1.54) is 12.3 Å². The molecule has 0 N–H and O–H groups in total. The molecular formula is C15H10N4O3. The van der Waals surface area contributed by atoms with Crippen LogP contribution >= 0.6 is 0 Å². The zero-order valence-corrected chi connectivity index (χ0v) is 11.3. The van der Waals surface area contributed by atoms with Crippen molar-refractivity contribution in [3.63, 3.8) is 0 Å². The molecular weight excluding hydrogens is 284 g/mol. The van der Waals surface area contributed by atoms with Crippen LogP contribution in [0.2, 0.25) is 0 Å². The summed E-state index contributed by atoms with van der Waals surface area (Å²) in [5.74, 6) is -0.267. The Bertz CT molecular complexity index is 895. The molecule has 0 aromatic carbocycles. The van der Waals surface area contributed by atoms with Crippen molar-refractivity contribution in [1.82, 2.24) is 9.38 Å². The molecule has 0 aliphatic heterocycles. The number of nitriles is 1. The molecule has 0 radical (unpaired) electrons. The zero-order chi connectivity index (χ0) is 15.5. The first-order valence-corrected chi connectivity index (χ1v) is 6.41. The molecule has 7 nitrogen and oxygen atoms in total. The predicted octanol–water partition coefficient (Wildman–Crippen LogP) is 2.69. The second-order valence-electron chi connectivity index (χ2n) is 4.51. The van der Waals surface area contributed by atoms with Gasteiger partial charge in [-0.2, -0.15) is 5.26 Å². The summed E-state index contributed by atoms with van der Waals surface area (Å²) in [6.45, 7) is 0.0527. The summed E-state index contributed by atoms with van der Waals surface area (Å²) in [6.07, 6.45) is 4.93. The van der Waals surface area contributed by atoms with Gasteiger partial charge in [0.05, 0.1) is 11.1 Å². The number of aromatic nitrogens is 2. The normalized spacial score (nSPS) is 10.3. The molecule has 3 heterocycles. The third-order valence-electron chi connectivity index (χ3n) is 3.18. The van der Waals surface area contributed by atoms with Gasteiger partial charge in [0, 0.05) is 18.0 Å². The van der Waals surface area contributed by atoms with Crippen molar-refractivity contribution in [3.05, 3.63) is 70.2 Å². The van der Waals surface area contributed by atoms with E-state index in [1.54, 1.807) is 12.3 Å². The van der Waals surface area contributed by atoms with Crippen LogP contribution in [0.1, 0.15) is 11.1 Å². The summed E-state index contributed by atoms with van der Waals surface area (Å²) in [5, 5.41) is 20.2. The first-order valence-electron chi connectivity index (χ1n) is 6.41. The lowest BCUT2D eigenvalue weighted by Crippen LogP contribution is -2.00. The molecule has 0 aliphatic carbocycles. The molecule has 7 heteroatoms. The first-order chi connectivity index (χ1) is 10.7. The first kappa shape index (κ1) is 13.6. The fraction of sp³-hybridized carbons (Fsp3) is 0.0667. The van der Waals surface area contributed by atoms with Crippen molar-refractivity contribution in [1.29, 1.82) is 5.26 Å². The Morgan fingerprint density at radius 1 is 1.36 bits per heavy atom. The van der Waals surface area contributed by atoms with Gasteiger partial charge in [-0.05, 0) is 34.2 Å². The number of hydrogen-bond donors (Lipinski definition) is 0. The van der Waals surface area contributed by atoms with Gasteiger partial charge in [-0.3, -0.25) is 0 Å². The van der Waals surface area contributed by atoms with Crippen LogP contribution in [-0.2, 0) is 6.61 Å². The van der Waals surface area contributed by atoms with Crippen LogP contribution in [0.3, 0.4) is 0 Å². The van der Waals surface area contributed by atoms with Crippen molar-refractivity contribution in [2.45, 2.75) is 6.61 Å². The SMILES string of the molecule is N#Cc1c(COc2cccnc2[N+](=O)[O-])cn2ccccc12. The summed E-state index contributed by atoms with van der Waals surface area (Å²) < 4.78 is 7.30. The molecule has 0 bridgehead atoms. The van der Waals surface area contributed by atoms with Gasteiger partial charge in [-0.25, -0.2) is 0 Å². The second-order valence-corrected chi connectivity index (χ2v) is 4.51. The highest BCUT2D eigenvalue weighted by molar-refractivity contribution is 5.65. The summed E-state index contributed by atoms with van der Waals surface area (Å²) in [4.78, 5) is 14.0. The van der Waals surface area contributed by atoms with Crippen molar-refractivity contribution in [2.24, 2.45) is 0 Å². The minimum Gasteiger partial charge on any atom is -0.481 e. The highest BCUT2D eigenvalue weighted by atomic mass is 16.6. The average Bonchev–Trinajstić information content (AvgIpc) is 2.90. The van der Waals surface area contributed by atoms with Crippen LogP contribution in [0, 0.1) is 21.4 Å². The number of nitro groups is 1. The molecule has 3 aromatic rings. The minimum absolute atomic E-state index is 0.0527. The van der Waals surface area contributed by atoms with Crippen LogP contribution in [0.5, 0.6) is 5.75 Å². The maximum absolute atomic E-state index is 10.9. The van der Waals surface area contributed by atoms with Crippen molar-refractivity contribution in [2.75, 3.05) is 0 Å². The van der Waals surface area contributed by atoms with Crippen LogP contribution < -0.4 is 4.74 Å². The lowest BCUT2D eigenvalue weighted by atomic mass is 10.2. The van der Waals surface area contributed by atoms with Gasteiger partial charge in [-0.1, -0.05) is 6.07 Å². The lowest BCUT2D eigenvalue weighted by molar-refractivity contribution is -0.390. The number of nitrogens with zero attached hydrogens (tertiary/aromatic N) is 4.